The molecule has 1 atom stereocenters. The van der Waals surface area contributed by atoms with Gasteiger partial charge in [-0.2, -0.15) is 0 Å². The van der Waals surface area contributed by atoms with Crippen molar-refractivity contribution in [3.05, 3.63) is 0 Å². The minimum Gasteiger partial charge on any atom is -0.379 e. The maximum absolute atomic E-state index is 5.72. The molecule has 0 bridgehead atoms. The minimum atomic E-state index is 0. The molecule has 1 fully saturated rings. The van der Waals surface area contributed by atoms with Crippen molar-refractivity contribution in [3.63, 3.8) is 0 Å². The number of nitrogens with zero attached hydrogens (tertiary/aromatic N) is 1. The molecule has 1 aliphatic rings. The highest BCUT2D eigenvalue weighted by atomic mass is 127. The number of rotatable bonds is 9. The lowest BCUT2D eigenvalue weighted by Gasteiger charge is -2.13. The van der Waals surface area contributed by atoms with Crippen molar-refractivity contribution < 1.29 is 9.47 Å². The largest absolute Gasteiger partial charge is 0.379 e. The third-order valence-electron chi connectivity index (χ3n) is 3.33. The Morgan fingerprint density at radius 2 is 2.00 bits per heavy atom. The van der Waals surface area contributed by atoms with Gasteiger partial charge >= 0.3 is 0 Å². The molecule has 1 saturated heterocycles. The summed E-state index contributed by atoms with van der Waals surface area (Å²) in [5.41, 5.74) is 0. The second-order valence-electron chi connectivity index (χ2n) is 5.67. The van der Waals surface area contributed by atoms with Crippen LogP contribution in [0.5, 0.6) is 0 Å². The molecule has 1 aliphatic heterocycles. The first kappa shape index (κ1) is 20.9. The van der Waals surface area contributed by atoms with Crippen LogP contribution in [0.25, 0.3) is 0 Å². The Morgan fingerprint density at radius 1 is 1.29 bits per heavy atom. The maximum Gasteiger partial charge on any atom is 0.190 e. The summed E-state index contributed by atoms with van der Waals surface area (Å²) >= 11 is 0. The first-order chi connectivity index (χ1) is 9.72. The van der Waals surface area contributed by atoms with Crippen LogP contribution in [0, 0.1) is 5.92 Å². The topological polar surface area (TPSA) is 54.9 Å². The van der Waals surface area contributed by atoms with Crippen LogP contribution < -0.4 is 10.6 Å². The van der Waals surface area contributed by atoms with Gasteiger partial charge in [0.25, 0.3) is 0 Å². The second-order valence-corrected chi connectivity index (χ2v) is 5.67. The summed E-state index contributed by atoms with van der Waals surface area (Å²) in [6.45, 7) is 8.75. The van der Waals surface area contributed by atoms with Gasteiger partial charge in [-0.15, -0.1) is 24.0 Å². The first-order valence-electron chi connectivity index (χ1n) is 7.86. The number of halogens is 1. The summed E-state index contributed by atoms with van der Waals surface area (Å²) < 4.78 is 11.0. The SMILES string of the molecule is CN=C(NCCCOC1CCOC1)NCCCC(C)C.I. The summed E-state index contributed by atoms with van der Waals surface area (Å²) in [5.74, 6) is 1.65. The van der Waals surface area contributed by atoms with Crippen LogP contribution in [0.1, 0.15) is 39.5 Å². The fourth-order valence-corrected chi connectivity index (χ4v) is 2.11. The summed E-state index contributed by atoms with van der Waals surface area (Å²) in [7, 11) is 1.81. The zero-order chi connectivity index (χ0) is 14.6. The lowest BCUT2D eigenvalue weighted by molar-refractivity contribution is 0.0420. The fourth-order valence-electron chi connectivity index (χ4n) is 2.11. The molecule has 21 heavy (non-hydrogen) atoms. The molecule has 0 aromatic rings. The summed E-state index contributed by atoms with van der Waals surface area (Å²) in [4.78, 5) is 4.21. The normalized spacial score (nSPS) is 18.7. The molecular weight excluding hydrogens is 381 g/mol. The van der Waals surface area contributed by atoms with E-state index in [1.165, 1.54) is 12.8 Å². The Bertz CT molecular complexity index is 270. The van der Waals surface area contributed by atoms with Gasteiger partial charge in [0.15, 0.2) is 5.96 Å². The fraction of sp³-hybridized carbons (Fsp3) is 0.933. The van der Waals surface area contributed by atoms with Gasteiger partial charge in [-0.05, 0) is 31.6 Å². The molecule has 6 heteroatoms. The van der Waals surface area contributed by atoms with E-state index in [9.17, 15) is 0 Å². The summed E-state index contributed by atoms with van der Waals surface area (Å²) in [5, 5.41) is 6.65. The highest BCUT2D eigenvalue weighted by molar-refractivity contribution is 14.0. The van der Waals surface area contributed by atoms with Crippen molar-refractivity contribution >= 4 is 29.9 Å². The van der Waals surface area contributed by atoms with E-state index in [0.717, 1.165) is 57.6 Å². The van der Waals surface area contributed by atoms with E-state index in [-0.39, 0.29) is 24.0 Å². The van der Waals surface area contributed by atoms with Gasteiger partial charge in [0.1, 0.15) is 0 Å². The summed E-state index contributed by atoms with van der Waals surface area (Å²) in [6, 6.07) is 0. The van der Waals surface area contributed by atoms with Crippen molar-refractivity contribution in [1.82, 2.24) is 10.6 Å². The molecule has 0 spiro atoms. The lowest BCUT2D eigenvalue weighted by Crippen LogP contribution is -2.38. The van der Waals surface area contributed by atoms with Crippen molar-refractivity contribution in [2.75, 3.05) is 40.0 Å². The Morgan fingerprint density at radius 3 is 2.57 bits per heavy atom. The first-order valence-corrected chi connectivity index (χ1v) is 7.86. The predicted molar refractivity (Wildman–Crippen MR) is 98.6 cm³/mol. The van der Waals surface area contributed by atoms with Crippen molar-refractivity contribution in [1.29, 1.82) is 0 Å². The van der Waals surface area contributed by atoms with E-state index in [2.05, 4.69) is 29.5 Å². The van der Waals surface area contributed by atoms with Crippen LogP contribution in [-0.4, -0.2) is 52.0 Å². The number of nitrogens with one attached hydrogen (secondary N) is 2. The molecule has 0 radical (unpaired) electrons. The highest BCUT2D eigenvalue weighted by Crippen LogP contribution is 2.07. The summed E-state index contributed by atoms with van der Waals surface area (Å²) in [6.07, 6.45) is 4.77. The molecule has 1 unspecified atom stereocenters. The van der Waals surface area contributed by atoms with Crippen LogP contribution in [0.15, 0.2) is 4.99 Å². The molecule has 1 rings (SSSR count). The number of hydrogen-bond donors (Lipinski definition) is 2. The standard InChI is InChI=1S/C15H31N3O2.HI/c1-13(2)6-4-8-17-15(16-3)18-9-5-10-20-14-7-11-19-12-14;/h13-14H,4-12H2,1-3H3,(H2,16,17,18);1H. The van der Waals surface area contributed by atoms with Crippen LogP contribution in [-0.2, 0) is 9.47 Å². The van der Waals surface area contributed by atoms with Gasteiger partial charge in [0, 0.05) is 33.4 Å². The smallest absolute Gasteiger partial charge is 0.190 e. The van der Waals surface area contributed by atoms with Crippen LogP contribution >= 0.6 is 24.0 Å². The van der Waals surface area contributed by atoms with Gasteiger partial charge in [0.2, 0.25) is 0 Å². The Labute approximate surface area is 146 Å². The van der Waals surface area contributed by atoms with Crippen LogP contribution in [0.3, 0.4) is 0 Å². The van der Waals surface area contributed by atoms with E-state index >= 15 is 0 Å². The van der Waals surface area contributed by atoms with Crippen molar-refractivity contribution in [2.45, 2.75) is 45.6 Å². The van der Waals surface area contributed by atoms with Gasteiger partial charge < -0.3 is 20.1 Å². The van der Waals surface area contributed by atoms with Crippen molar-refractivity contribution in [3.8, 4) is 0 Å². The minimum absolute atomic E-state index is 0. The quantitative estimate of drug-likeness (QED) is 0.264. The molecule has 0 aliphatic carbocycles. The van der Waals surface area contributed by atoms with Gasteiger partial charge in [-0.1, -0.05) is 13.8 Å². The molecule has 2 N–H and O–H groups in total. The number of ether oxygens (including phenoxy) is 2. The molecule has 1 heterocycles. The average molecular weight is 413 g/mol. The van der Waals surface area contributed by atoms with Crippen LogP contribution in [0.2, 0.25) is 0 Å². The monoisotopic (exact) mass is 413 g/mol. The molecule has 126 valence electrons. The maximum atomic E-state index is 5.72. The molecule has 0 aromatic heterocycles. The van der Waals surface area contributed by atoms with E-state index in [0.29, 0.717) is 6.10 Å². The average Bonchev–Trinajstić information content (AvgIpc) is 2.93. The third-order valence-corrected chi connectivity index (χ3v) is 3.33. The van der Waals surface area contributed by atoms with Crippen molar-refractivity contribution in [2.24, 2.45) is 10.9 Å². The number of guanidine groups is 1. The Kier molecular flexibility index (Phi) is 13.5. The van der Waals surface area contributed by atoms with Gasteiger partial charge in [-0.3, -0.25) is 4.99 Å². The zero-order valence-electron chi connectivity index (χ0n) is 13.7. The van der Waals surface area contributed by atoms with E-state index < -0.39 is 0 Å². The molecule has 0 saturated carbocycles. The molecule has 0 amide bonds. The van der Waals surface area contributed by atoms with E-state index in [1.54, 1.807) is 0 Å². The molecular formula is C15H32IN3O2. The van der Waals surface area contributed by atoms with Gasteiger partial charge in [-0.25, -0.2) is 0 Å². The highest BCUT2D eigenvalue weighted by Gasteiger charge is 2.15. The molecule has 5 nitrogen and oxygen atoms in total. The van der Waals surface area contributed by atoms with Gasteiger partial charge in [0.05, 0.1) is 12.7 Å². The lowest BCUT2D eigenvalue weighted by atomic mass is 10.1. The predicted octanol–water partition coefficient (Wildman–Crippen LogP) is 2.40. The third kappa shape index (κ3) is 11.2. The Hall–Kier alpha value is -0.0800. The van der Waals surface area contributed by atoms with E-state index in [4.69, 9.17) is 9.47 Å². The number of hydrogen-bond acceptors (Lipinski definition) is 3. The Balaban J connectivity index is 0.00000400. The van der Waals surface area contributed by atoms with Crippen LogP contribution in [0.4, 0.5) is 0 Å². The number of aliphatic imine (C=N–C) groups is 1. The molecule has 0 aromatic carbocycles. The zero-order valence-corrected chi connectivity index (χ0v) is 16.0. The second kappa shape index (κ2) is 13.6. The van der Waals surface area contributed by atoms with E-state index in [1.807, 2.05) is 7.05 Å².